The van der Waals surface area contributed by atoms with Gasteiger partial charge < -0.3 is 15.8 Å². The molecule has 2 amide bonds. The van der Waals surface area contributed by atoms with E-state index in [4.69, 9.17) is 22.1 Å². The molecule has 0 saturated heterocycles. The van der Waals surface area contributed by atoms with Gasteiger partial charge >= 0.3 is 12.2 Å². The van der Waals surface area contributed by atoms with Crippen LogP contribution in [-0.2, 0) is 6.18 Å². The van der Waals surface area contributed by atoms with Crippen LogP contribution in [0.2, 0.25) is 5.02 Å². The zero-order valence-electron chi connectivity index (χ0n) is 11.1. The fraction of sp³-hybridized carbons (Fsp3) is 0.0769. The molecule has 3 N–H and O–H groups in total. The minimum Gasteiger partial charge on any atom is -0.437 e. The number of amides is 2. The number of urea groups is 1. The molecular formula is C13H8ClF4N3O2. The van der Waals surface area contributed by atoms with Gasteiger partial charge in [-0.15, -0.1) is 0 Å². The number of rotatable bonds is 3. The topological polar surface area (TPSA) is 77.2 Å². The summed E-state index contributed by atoms with van der Waals surface area (Å²) in [6.45, 7) is 0. The molecule has 0 fully saturated rings. The number of benzene rings is 1. The van der Waals surface area contributed by atoms with Gasteiger partial charge in [-0.3, -0.25) is 0 Å². The number of halogens is 5. The van der Waals surface area contributed by atoms with Crippen molar-refractivity contribution in [2.45, 2.75) is 6.18 Å². The van der Waals surface area contributed by atoms with Crippen LogP contribution in [0.25, 0.3) is 0 Å². The van der Waals surface area contributed by atoms with Crippen LogP contribution < -0.4 is 15.8 Å². The van der Waals surface area contributed by atoms with Crippen LogP contribution in [0.1, 0.15) is 5.56 Å². The lowest BCUT2D eigenvalue weighted by Gasteiger charge is -2.14. The molecule has 2 rings (SSSR count). The molecule has 0 saturated carbocycles. The van der Waals surface area contributed by atoms with E-state index in [0.717, 1.165) is 30.5 Å². The molecule has 0 bridgehead atoms. The molecule has 0 aliphatic rings. The fourth-order valence-electron chi connectivity index (χ4n) is 1.63. The number of aromatic nitrogens is 1. The maximum absolute atomic E-state index is 13.6. The van der Waals surface area contributed by atoms with Gasteiger partial charge in [-0.25, -0.2) is 14.2 Å². The first-order valence-corrected chi connectivity index (χ1v) is 6.32. The highest BCUT2D eigenvalue weighted by Gasteiger charge is 2.35. The Morgan fingerprint density at radius 2 is 2.04 bits per heavy atom. The summed E-state index contributed by atoms with van der Waals surface area (Å²) in [6.07, 6.45) is -3.62. The van der Waals surface area contributed by atoms with Crippen molar-refractivity contribution in [1.29, 1.82) is 0 Å². The van der Waals surface area contributed by atoms with Crippen LogP contribution in [0.15, 0.2) is 30.5 Å². The Kier molecular flexibility index (Phi) is 4.60. The first-order chi connectivity index (χ1) is 10.7. The highest BCUT2D eigenvalue weighted by atomic mass is 35.5. The van der Waals surface area contributed by atoms with Gasteiger partial charge in [-0.1, -0.05) is 11.6 Å². The summed E-state index contributed by atoms with van der Waals surface area (Å²) in [5.74, 6) is -2.03. The Morgan fingerprint density at radius 3 is 2.65 bits per heavy atom. The third-order valence-electron chi connectivity index (χ3n) is 2.56. The Morgan fingerprint density at radius 1 is 1.35 bits per heavy atom. The summed E-state index contributed by atoms with van der Waals surface area (Å²) in [5, 5.41) is 1.64. The van der Waals surface area contributed by atoms with E-state index in [1.54, 1.807) is 0 Å². The van der Waals surface area contributed by atoms with Crippen molar-refractivity contribution in [2.24, 2.45) is 5.73 Å². The zero-order valence-corrected chi connectivity index (χ0v) is 11.9. The number of hydrogen-bond acceptors (Lipinski definition) is 3. The molecular weight excluding hydrogens is 342 g/mol. The molecule has 0 atom stereocenters. The summed E-state index contributed by atoms with van der Waals surface area (Å²) in [7, 11) is 0. The predicted molar refractivity (Wildman–Crippen MR) is 73.9 cm³/mol. The third kappa shape index (κ3) is 4.01. The maximum Gasteiger partial charge on any atom is 0.421 e. The third-order valence-corrected chi connectivity index (χ3v) is 2.86. The van der Waals surface area contributed by atoms with Gasteiger partial charge in [-0.05, 0) is 18.2 Å². The highest BCUT2D eigenvalue weighted by Crippen LogP contribution is 2.39. The summed E-state index contributed by atoms with van der Waals surface area (Å²) < 4.78 is 57.3. The van der Waals surface area contributed by atoms with Gasteiger partial charge in [0.1, 0.15) is 17.1 Å². The number of primary amides is 1. The molecule has 0 unspecified atom stereocenters. The maximum atomic E-state index is 13.6. The SMILES string of the molecule is NC(=O)Nc1cc(Oc2ncccc2C(F)(F)F)c(Cl)cc1F. The number of hydrogen-bond donors (Lipinski definition) is 2. The Hall–Kier alpha value is -2.55. The molecule has 23 heavy (non-hydrogen) atoms. The standard InChI is InChI=1S/C13H8ClF4N3O2/c14-7-4-8(15)9(21-12(19)22)5-10(7)23-11-6(13(16,17)18)2-1-3-20-11/h1-5H,(H3,19,21,22). The fourth-order valence-corrected chi connectivity index (χ4v) is 1.82. The number of nitrogens with two attached hydrogens (primary N) is 1. The number of nitrogens with one attached hydrogen (secondary N) is 1. The summed E-state index contributed by atoms with van der Waals surface area (Å²) in [4.78, 5) is 14.3. The molecule has 0 spiro atoms. The number of carbonyl (C=O) groups excluding carboxylic acids is 1. The minimum atomic E-state index is -4.70. The van der Waals surface area contributed by atoms with Crippen molar-refractivity contribution in [3.8, 4) is 11.6 Å². The second-order valence-corrected chi connectivity index (χ2v) is 4.61. The highest BCUT2D eigenvalue weighted by molar-refractivity contribution is 6.32. The molecule has 0 radical (unpaired) electrons. The second kappa shape index (κ2) is 6.29. The summed E-state index contributed by atoms with van der Waals surface area (Å²) in [6, 6.07) is 2.45. The summed E-state index contributed by atoms with van der Waals surface area (Å²) >= 11 is 5.74. The molecule has 2 aromatic rings. The summed E-state index contributed by atoms with van der Waals surface area (Å²) in [5.41, 5.74) is 3.33. The van der Waals surface area contributed by atoms with Crippen LogP contribution in [0.3, 0.4) is 0 Å². The van der Waals surface area contributed by atoms with E-state index >= 15 is 0 Å². The molecule has 10 heteroatoms. The smallest absolute Gasteiger partial charge is 0.421 e. The van der Waals surface area contributed by atoms with E-state index in [2.05, 4.69) is 4.98 Å². The lowest BCUT2D eigenvalue weighted by Crippen LogP contribution is -2.20. The molecule has 0 aliphatic carbocycles. The van der Waals surface area contributed by atoms with Crippen molar-refractivity contribution in [3.05, 3.63) is 46.9 Å². The molecule has 0 aliphatic heterocycles. The van der Waals surface area contributed by atoms with Gasteiger partial charge in [0.25, 0.3) is 0 Å². The van der Waals surface area contributed by atoms with Crippen molar-refractivity contribution >= 4 is 23.3 Å². The van der Waals surface area contributed by atoms with Crippen LogP contribution >= 0.6 is 11.6 Å². The molecule has 1 heterocycles. The quantitative estimate of drug-likeness (QED) is 0.816. The van der Waals surface area contributed by atoms with Crippen LogP contribution in [0.4, 0.5) is 28.0 Å². The molecule has 1 aromatic carbocycles. The van der Waals surface area contributed by atoms with E-state index in [1.807, 2.05) is 5.32 Å². The van der Waals surface area contributed by atoms with Gasteiger partial charge in [0.05, 0.1) is 10.7 Å². The Labute approximate surface area is 132 Å². The first-order valence-electron chi connectivity index (χ1n) is 5.94. The number of anilines is 1. The number of ether oxygens (including phenoxy) is 1. The lowest BCUT2D eigenvalue weighted by atomic mass is 10.2. The van der Waals surface area contributed by atoms with Gasteiger partial charge in [-0.2, -0.15) is 13.2 Å². The Bertz CT molecular complexity index is 752. The lowest BCUT2D eigenvalue weighted by molar-refractivity contribution is -0.138. The predicted octanol–water partition coefficient (Wildman–Crippen LogP) is 4.18. The van der Waals surface area contributed by atoms with E-state index in [1.165, 1.54) is 0 Å². The molecule has 5 nitrogen and oxygen atoms in total. The Balaban J connectivity index is 2.43. The van der Waals surface area contributed by atoms with E-state index in [0.29, 0.717) is 0 Å². The number of nitrogens with zero attached hydrogens (tertiary/aromatic N) is 1. The van der Waals surface area contributed by atoms with Gasteiger partial charge in [0.2, 0.25) is 5.88 Å². The first kappa shape index (κ1) is 16.8. The average Bonchev–Trinajstić information content (AvgIpc) is 2.43. The monoisotopic (exact) mass is 349 g/mol. The largest absolute Gasteiger partial charge is 0.437 e. The molecule has 1 aromatic heterocycles. The molecule has 122 valence electrons. The van der Waals surface area contributed by atoms with Crippen LogP contribution in [-0.4, -0.2) is 11.0 Å². The van der Waals surface area contributed by atoms with Crippen molar-refractivity contribution in [3.63, 3.8) is 0 Å². The number of pyridine rings is 1. The second-order valence-electron chi connectivity index (χ2n) is 4.21. The van der Waals surface area contributed by atoms with Crippen LogP contribution in [0, 0.1) is 5.82 Å². The minimum absolute atomic E-state index is 0.309. The van der Waals surface area contributed by atoms with Gasteiger partial charge in [0, 0.05) is 12.3 Å². The van der Waals surface area contributed by atoms with Crippen molar-refractivity contribution in [1.82, 2.24) is 4.98 Å². The normalized spacial score (nSPS) is 11.2. The van der Waals surface area contributed by atoms with E-state index in [9.17, 15) is 22.4 Å². The average molecular weight is 350 g/mol. The zero-order chi connectivity index (χ0) is 17.2. The van der Waals surface area contributed by atoms with Crippen LogP contribution in [0.5, 0.6) is 11.6 Å². The van der Waals surface area contributed by atoms with E-state index < -0.39 is 35.2 Å². The van der Waals surface area contributed by atoms with Crippen molar-refractivity contribution in [2.75, 3.05) is 5.32 Å². The number of carbonyl (C=O) groups is 1. The van der Waals surface area contributed by atoms with Gasteiger partial charge in [0.15, 0.2) is 0 Å². The van der Waals surface area contributed by atoms with Crippen molar-refractivity contribution < 1.29 is 27.1 Å². The number of alkyl halides is 3. The van der Waals surface area contributed by atoms with E-state index in [-0.39, 0.29) is 10.8 Å².